The summed E-state index contributed by atoms with van der Waals surface area (Å²) in [5, 5.41) is 82.5. The molecule has 12 nitrogen and oxygen atoms in total. The van der Waals surface area contributed by atoms with Gasteiger partial charge in [-0.05, 0) is 20.8 Å². The summed E-state index contributed by atoms with van der Waals surface area (Å²) in [6.07, 6.45) is -3.61. The fraction of sp³-hybridized carbons (Fsp3) is 1.00. The lowest BCUT2D eigenvalue weighted by Crippen LogP contribution is -2.66. The van der Waals surface area contributed by atoms with Gasteiger partial charge in [-0.15, -0.1) is 0 Å². The number of hydrogen-bond donors (Lipinski definition) is 8. The highest BCUT2D eigenvalue weighted by atomic mass is 16.3. The molecule has 6 unspecified atom stereocenters. The molecule has 0 aromatic carbocycles. The molecule has 0 aliphatic heterocycles. The topological polar surface area (TPSA) is 162 Å². The van der Waals surface area contributed by atoms with Crippen LogP contribution in [0.25, 0.3) is 0 Å². The number of aliphatic hydroxyl groups is 8. The van der Waals surface area contributed by atoms with E-state index in [1.165, 1.54) is 0 Å². The number of hydrogen-bond acceptors (Lipinski definition) is 8. The van der Waals surface area contributed by atoms with Crippen molar-refractivity contribution in [1.29, 1.82) is 0 Å². The van der Waals surface area contributed by atoms with E-state index in [4.69, 9.17) is 0 Å². The zero-order valence-corrected chi connectivity index (χ0v) is 25.9. The zero-order valence-electron chi connectivity index (χ0n) is 25.9. The first-order chi connectivity index (χ1) is 17.8. The second-order valence-corrected chi connectivity index (χ2v) is 13.5. The summed E-state index contributed by atoms with van der Waals surface area (Å²) in [7, 11) is 7.73. The van der Waals surface area contributed by atoms with Gasteiger partial charge in [-0.25, -0.2) is 0 Å². The summed E-state index contributed by atoms with van der Waals surface area (Å²) < 4.78 is 1.30. The molecule has 0 fully saturated rings. The van der Waals surface area contributed by atoms with Gasteiger partial charge in [-0.2, -0.15) is 0 Å². The lowest BCUT2D eigenvalue weighted by atomic mass is 10.1. The van der Waals surface area contributed by atoms with Gasteiger partial charge in [0.25, 0.3) is 0 Å². The second kappa shape index (κ2) is 17.5. The Morgan fingerprint density at radius 3 is 1.05 bits per heavy atom. The van der Waals surface area contributed by atoms with Gasteiger partial charge in [0.1, 0.15) is 96.8 Å². The highest BCUT2D eigenvalue weighted by Gasteiger charge is 2.41. The average Bonchev–Trinajstić information content (AvgIpc) is 2.69. The second-order valence-electron chi connectivity index (χ2n) is 13.5. The van der Waals surface area contributed by atoms with Crippen LogP contribution in [-0.4, -0.2) is 216 Å². The van der Waals surface area contributed by atoms with Crippen LogP contribution in [0.4, 0.5) is 0 Å². The first-order valence-electron chi connectivity index (χ1n) is 14.4. The van der Waals surface area contributed by atoms with E-state index >= 15 is 0 Å². The number of likely N-dealkylation sites (N-methyl/N-ethyl adjacent to an activating group) is 2. The maximum absolute atomic E-state index is 11.2. The van der Waals surface area contributed by atoms with Crippen molar-refractivity contribution in [2.24, 2.45) is 0 Å². The van der Waals surface area contributed by atoms with E-state index in [9.17, 15) is 40.9 Å². The van der Waals surface area contributed by atoms with Crippen molar-refractivity contribution in [3.8, 4) is 0 Å². The standard InChI is InChI=1S/C27H64N4O8/c1-23(35)16-30(12-15-34,21-26(38)19-28(4,5)10-13-32)8-9-31(17-24(2)36,18-25(3)37)22-27(39)20-29(6,7)11-14-33/h23-27,32-39H,8-22H2,1-7H3/q+4. The number of aliphatic hydroxyl groups excluding tert-OH is 8. The minimum Gasteiger partial charge on any atom is -0.391 e. The van der Waals surface area contributed by atoms with Gasteiger partial charge in [-0.3, -0.25) is 0 Å². The smallest absolute Gasteiger partial charge is 0.152 e. The fourth-order valence-corrected chi connectivity index (χ4v) is 6.24. The van der Waals surface area contributed by atoms with Gasteiger partial charge in [0, 0.05) is 0 Å². The normalized spacial score (nSPS) is 20.1. The molecular formula is C27H64N4O8+4. The molecule has 0 aliphatic rings. The van der Waals surface area contributed by atoms with E-state index in [-0.39, 0.29) is 41.9 Å². The van der Waals surface area contributed by atoms with Crippen LogP contribution in [0.2, 0.25) is 0 Å². The van der Waals surface area contributed by atoms with Crippen molar-refractivity contribution in [2.75, 3.05) is 127 Å². The third kappa shape index (κ3) is 16.5. The number of quaternary nitrogens is 4. The van der Waals surface area contributed by atoms with Crippen molar-refractivity contribution in [3.63, 3.8) is 0 Å². The molecule has 0 spiro atoms. The first-order valence-corrected chi connectivity index (χ1v) is 14.4. The molecule has 0 bridgehead atoms. The largest absolute Gasteiger partial charge is 0.391 e. The third-order valence-corrected chi connectivity index (χ3v) is 7.59. The molecule has 0 aromatic rings. The summed E-state index contributed by atoms with van der Waals surface area (Å²) in [5.41, 5.74) is 0. The van der Waals surface area contributed by atoms with Crippen LogP contribution < -0.4 is 0 Å². The molecule has 0 radical (unpaired) electrons. The molecule has 0 aromatic heterocycles. The molecule has 39 heavy (non-hydrogen) atoms. The highest BCUT2D eigenvalue weighted by Crippen LogP contribution is 2.19. The summed E-state index contributed by atoms with van der Waals surface area (Å²) in [4.78, 5) is 0. The highest BCUT2D eigenvalue weighted by molar-refractivity contribution is 4.64. The SMILES string of the molecule is CC(O)C[N+](CCO)(CC[N+](CC(C)O)(CC(C)O)CC(O)C[N+](C)(C)CCO)CC(O)C[N+](C)(C)CCO. The zero-order chi connectivity index (χ0) is 30.5. The van der Waals surface area contributed by atoms with Gasteiger partial charge in [0.15, 0.2) is 12.2 Å². The van der Waals surface area contributed by atoms with Crippen LogP contribution in [0.3, 0.4) is 0 Å². The summed E-state index contributed by atoms with van der Waals surface area (Å²) in [6.45, 7) is 9.30. The predicted molar refractivity (Wildman–Crippen MR) is 151 cm³/mol. The lowest BCUT2D eigenvalue weighted by molar-refractivity contribution is -0.990. The van der Waals surface area contributed by atoms with Gasteiger partial charge in [0.05, 0.1) is 48.0 Å². The third-order valence-electron chi connectivity index (χ3n) is 7.59. The van der Waals surface area contributed by atoms with E-state index in [1.54, 1.807) is 20.8 Å². The molecule has 0 rings (SSSR count). The van der Waals surface area contributed by atoms with Gasteiger partial charge in [0.2, 0.25) is 0 Å². The van der Waals surface area contributed by atoms with Gasteiger partial charge in [-0.1, -0.05) is 0 Å². The van der Waals surface area contributed by atoms with Crippen LogP contribution in [0.5, 0.6) is 0 Å². The molecule has 0 aliphatic carbocycles. The van der Waals surface area contributed by atoms with Gasteiger partial charge >= 0.3 is 0 Å². The summed E-state index contributed by atoms with van der Waals surface area (Å²) in [6, 6.07) is 0. The van der Waals surface area contributed by atoms with Crippen LogP contribution in [0.15, 0.2) is 0 Å². The van der Waals surface area contributed by atoms with Crippen molar-refractivity contribution < 1.29 is 58.8 Å². The molecule has 0 saturated carbocycles. The Morgan fingerprint density at radius 2 is 0.718 bits per heavy atom. The Kier molecular flexibility index (Phi) is 17.3. The van der Waals surface area contributed by atoms with Crippen molar-refractivity contribution in [3.05, 3.63) is 0 Å². The first kappa shape index (κ1) is 38.5. The Morgan fingerprint density at radius 1 is 0.410 bits per heavy atom. The number of nitrogens with zero attached hydrogens (tertiary/aromatic N) is 4. The van der Waals surface area contributed by atoms with E-state index < -0.39 is 30.5 Å². The van der Waals surface area contributed by atoms with E-state index in [1.807, 2.05) is 28.2 Å². The maximum atomic E-state index is 11.2. The van der Waals surface area contributed by atoms with Gasteiger partial charge < -0.3 is 58.8 Å². The van der Waals surface area contributed by atoms with Crippen LogP contribution in [0, 0.1) is 0 Å². The average molecular weight is 573 g/mol. The number of rotatable bonds is 23. The molecule has 8 N–H and O–H groups in total. The Balaban J connectivity index is 6.22. The molecule has 0 amide bonds. The molecule has 0 saturated heterocycles. The minimum atomic E-state index is -0.761. The monoisotopic (exact) mass is 572 g/mol. The summed E-state index contributed by atoms with van der Waals surface area (Å²) >= 11 is 0. The predicted octanol–water partition coefficient (Wildman–Crippen LogP) is -3.39. The van der Waals surface area contributed by atoms with Crippen LogP contribution >= 0.6 is 0 Å². The Bertz CT molecular complexity index is 641. The minimum absolute atomic E-state index is 0.00112. The maximum Gasteiger partial charge on any atom is 0.152 e. The van der Waals surface area contributed by atoms with E-state index in [0.29, 0.717) is 74.4 Å². The molecule has 12 heteroatoms. The quantitative estimate of drug-likeness (QED) is 0.0588. The molecule has 6 atom stereocenters. The lowest BCUT2D eigenvalue weighted by Gasteiger charge is -2.47. The summed E-state index contributed by atoms with van der Waals surface area (Å²) in [5.74, 6) is 0. The van der Waals surface area contributed by atoms with Crippen molar-refractivity contribution >= 4 is 0 Å². The van der Waals surface area contributed by atoms with Crippen molar-refractivity contribution in [1.82, 2.24) is 0 Å². The van der Waals surface area contributed by atoms with Crippen LogP contribution in [-0.2, 0) is 0 Å². The fourth-order valence-electron chi connectivity index (χ4n) is 6.24. The molecular weight excluding hydrogens is 508 g/mol. The van der Waals surface area contributed by atoms with E-state index in [0.717, 1.165) is 0 Å². The van der Waals surface area contributed by atoms with Crippen LogP contribution in [0.1, 0.15) is 20.8 Å². The van der Waals surface area contributed by atoms with E-state index in [2.05, 4.69) is 0 Å². The molecule has 0 heterocycles. The Hall–Kier alpha value is -0.480. The van der Waals surface area contributed by atoms with Crippen molar-refractivity contribution in [2.45, 2.75) is 51.3 Å². The Labute approximate surface area is 236 Å². The molecule has 236 valence electrons.